The van der Waals surface area contributed by atoms with Crippen LogP contribution in [0.25, 0.3) is 0 Å². The predicted molar refractivity (Wildman–Crippen MR) is 52.6 cm³/mol. The molecule has 0 saturated carbocycles. The summed E-state index contributed by atoms with van der Waals surface area (Å²) in [6, 6.07) is 5.83. The molecule has 1 aliphatic rings. The van der Waals surface area contributed by atoms with Crippen LogP contribution >= 0.6 is 0 Å². The minimum atomic E-state index is -0.168. The van der Waals surface area contributed by atoms with Crippen molar-refractivity contribution < 1.29 is 4.79 Å². The molecule has 1 aromatic rings. The van der Waals surface area contributed by atoms with Crippen LogP contribution < -0.4 is 10.6 Å². The number of anilines is 2. The first-order chi connectivity index (χ1) is 6.16. The number of hydrogen-bond acceptors (Lipinski definition) is 2. The summed E-state index contributed by atoms with van der Waals surface area (Å²) in [7, 11) is 0. The molecule has 3 nitrogen and oxygen atoms in total. The summed E-state index contributed by atoms with van der Waals surface area (Å²) >= 11 is 0. The monoisotopic (exact) mass is 174 g/mol. The van der Waals surface area contributed by atoms with Gasteiger partial charge in [0.1, 0.15) is 0 Å². The van der Waals surface area contributed by atoms with E-state index in [1.807, 2.05) is 25.1 Å². The third-order valence-corrected chi connectivity index (χ3v) is 1.98. The molecule has 1 aliphatic heterocycles. The number of amides is 1. The van der Waals surface area contributed by atoms with Crippen molar-refractivity contribution in [3.63, 3.8) is 0 Å². The van der Waals surface area contributed by atoms with Gasteiger partial charge in [-0.2, -0.15) is 0 Å². The van der Waals surface area contributed by atoms with Gasteiger partial charge in [0.2, 0.25) is 0 Å². The predicted octanol–water partition coefficient (Wildman–Crippen LogP) is 1.87. The largest absolute Gasteiger partial charge is 0.350 e. The van der Waals surface area contributed by atoms with Crippen molar-refractivity contribution in [2.45, 2.75) is 6.92 Å². The number of nitrogens with one attached hydrogen (secondary N) is 2. The molecule has 0 unspecified atom stereocenters. The normalized spacial score (nSPS) is 14.5. The van der Waals surface area contributed by atoms with E-state index in [2.05, 4.69) is 17.2 Å². The molecule has 66 valence electrons. The standard InChI is InChI=1S/C10H10N2O/c1-6-3-4-8-9(5-6)12-10(13)7(2)11-8/h3-5,11H,2H2,1H3,(H,12,13). The number of fused-ring (bicyclic) bond motifs is 1. The summed E-state index contributed by atoms with van der Waals surface area (Å²) in [4.78, 5) is 11.2. The molecule has 0 aliphatic carbocycles. The fourth-order valence-corrected chi connectivity index (χ4v) is 1.29. The van der Waals surface area contributed by atoms with E-state index in [0.717, 1.165) is 16.9 Å². The van der Waals surface area contributed by atoms with E-state index in [4.69, 9.17) is 0 Å². The van der Waals surface area contributed by atoms with Crippen LogP contribution in [0, 0.1) is 6.92 Å². The van der Waals surface area contributed by atoms with Crippen molar-refractivity contribution in [1.29, 1.82) is 0 Å². The molecule has 0 aromatic heterocycles. The van der Waals surface area contributed by atoms with Crippen LogP contribution in [0.3, 0.4) is 0 Å². The van der Waals surface area contributed by atoms with E-state index in [0.29, 0.717) is 5.70 Å². The number of benzene rings is 1. The van der Waals surface area contributed by atoms with Gasteiger partial charge < -0.3 is 10.6 Å². The fraction of sp³-hybridized carbons (Fsp3) is 0.100. The second kappa shape index (κ2) is 2.62. The molecule has 1 heterocycles. The fourth-order valence-electron chi connectivity index (χ4n) is 1.29. The zero-order valence-electron chi connectivity index (χ0n) is 7.35. The lowest BCUT2D eigenvalue weighted by Crippen LogP contribution is -2.24. The lowest BCUT2D eigenvalue weighted by atomic mass is 10.1. The molecule has 13 heavy (non-hydrogen) atoms. The van der Waals surface area contributed by atoms with Gasteiger partial charge in [0.05, 0.1) is 17.1 Å². The summed E-state index contributed by atoms with van der Waals surface area (Å²) in [5.41, 5.74) is 3.22. The maximum Gasteiger partial charge on any atom is 0.271 e. The number of carbonyl (C=O) groups excluding carboxylic acids is 1. The number of aryl methyl sites for hydroxylation is 1. The van der Waals surface area contributed by atoms with Crippen molar-refractivity contribution >= 4 is 17.3 Å². The molecule has 0 radical (unpaired) electrons. The SMILES string of the molecule is C=C1Nc2ccc(C)cc2NC1=O. The van der Waals surface area contributed by atoms with Crippen LogP contribution in [-0.2, 0) is 4.79 Å². The highest BCUT2D eigenvalue weighted by Gasteiger charge is 2.16. The average Bonchev–Trinajstić information content (AvgIpc) is 2.08. The zero-order valence-corrected chi connectivity index (χ0v) is 7.35. The van der Waals surface area contributed by atoms with E-state index in [1.165, 1.54) is 0 Å². The topological polar surface area (TPSA) is 41.1 Å². The van der Waals surface area contributed by atoms with Crippen molar-refractivity contribution in [3.8, 4) is 0 Å². The molecule has 2 rings (SSSR count). The number of hydrogen-bond donors (Lipinski definition) is 2. The summed E-state index contributed by atoms with van der Waals surface area (Å²) in [5.74, 6) is -0.168. The van der Waals surface area contributed by atoms with Crippen LogP contribution in [0.4, 0.5) is 11.4 Å². The van der Waals surface area contributed by atoms with Crippen molar-refractivity contribution in [2.24, 2.45) is 0 Å². The van der Waals surface area contributed by atoms with Gasteiger partial charge in [0.25, 0.3) is 5.91 Å². The van der Waals surface area contributed by atoms with Gasteiger partial charge >= 0.3 is 0 Å². The third kappa shape index (κ3) is 1.28. The first-order valence-corrected chi connectivity index (χ1v) is 4.05. The Morgan fingerprint density at radius 2 is 2.00 bits per heavy atom. The first kappa shape index (κ1) is 7.86. The lowest BCUT2D eigenvalue weighted by Gasteiger charge is -2.20. The van der Waals surface area contributed by atoms with Gasteiger partial charge in [-0.3, -0.25) is 4.79 Å². The summed E-state index contributed by atoms with van der Waals surface area (Å²) in [5, 5.41) is 5.68. The Hall–Kier alpha value is -1.77. The lowest BCUT2D eigenvalue weighted by molar-refractivity contribution is -0.112. The molecule has 1 amide bonds. The molecule has 0 bridgehead atoms. The van der Waals surface area contributed by atoms with Gasteiger partial charge in [-0.05, 0) is 24.6 Å². The summed E-state index contributed by atoms with van der Waals surface area (Å²) in [6.07, 6.45) is 0. The minimum Gasteiger partial charge on any atom is -0.350 e. The van der Waals surface area contributed by atoms with Crippen LogP contribution in [0.15, 0.2) is 30.5 Å². The van der Waals surface area contributed by atoms with Gasteiger partial charge in [0.15, 0.2) is 0 Å². The highest BCUT2D eigenvalue weighted by molar-refractivity contribution is 6.10. The minimum absolute atomic E-state index is 0.168. The van der Waals surface area contributed by atoms with Crippen LogP contribution in [0.1, 0.15) is 5.56 Å². The third-order valence-electron chi connectivity index (χ3n) is 1.98. The van der Waals surface area contributed by atoms with Crippen LogP contribution in [0.5, 0.6) is 0 Å². The van der Waals surface area contributed by atoms with Gasteiger partial charge in [-0.25, -0.2) is 0 Å². The Kier molecular flexibility index (Phi) is 1.59. The Morgan fingerprint density at radius 1 is 1.23 bits per heavy atom. The smallest absolute Gasteiger partial charge is 0.271 e. The molecular weight excluding hydrogens is 164 g/mol. The number of carbonyl (C=O) groups is 1. The molecule has 0 fully saturated rings. The highest BCUT2D eigenvalue weighted by Crippen LogP contribution is 2.27. The van der Waals surface area contributed by atoms with Crippen LogP contribution in [-0.4, -0.2) is 5.91 Å². The molecule has 0 spiro atoms. The first-order valence-electron chi connectivity index (χ1n) is 4.05. The van der Waals surface area contributed by atoms with Gasteiger partial charge in [0, 0.05) is 0 Å². The van der Waals surface area contributed by atoms with Crippen LogP contribution in [0.2, 0.25) is 0 Å². The molecule has 2 N–H and O–H groups in total. The maximum atomic E-state index is 11.2. The molecule has 1 aromatic carbocycles. The zero-order chi connectivity index (χ0) is 9.42. The second-order valence-electron chi connectivity index (χ2n) is 3.11. The quantitative estimate of drug-likeness (QED) is 0.589. The molecule has 3 heteroatoms. The average molecular weight is 174 g/mol. The Bertz CT molecular complexity index is 396. The van der Waals surface area contributed by atoms with Gasteiger partial charge in [-0.15, -0.1) is 0 Å². The Balaban J connectivity index is 2.48. The van der Waals surface area contributed by atoms with Crippen molar-refractivity contribution in [1.82, 2.24) is 0 Å². The Labute approximate surface area is 76.5 Å². The number of rotatable bonds is 0. The van der Waals surface area contributed by atoms with Gasteiger partial charge in [-0.1, -0.05) is 12.6 Å². The van der Waals surface area contributed by atoms with Crippen molar-refractivity contribution in [2.75, 3.05) is 10.6 Å². The molecular formula is C10H10N2O. The molecule has 0 atom stereocenters. The van der Waals surface area contributed by atoms with E-state index < -0.39 is 0 Å². The van der Waals surface area contributed by atoms with E-state index >= 15 is 0 Å². The summed E-state index contributed by atoms with van der Waals surface area (Å²) in [6.45, 7) is 5.58. The van der Waals surface area contributed by atoms with E-state index in [9.17, 15) is 4.79 Å². The Morgan fingerprint density at radius 3 is 2.77 bits per heavy atom. The van der Waals surface area contributed by atoms with E-state index in [1.54, 1.807) is 0 Å². The van der Waals surface area contributed by atoms with E-state index in [-0.39, 0.29) is 5.91 Å². The summed E-state index contributed by atoms with van der Waals surface area (Å²) < 4.78 is 0. The second-order valence-corrected chi connectivity index (χ2v) is 3.11. The maximum absolute atomic E-state index is 11.2. The molecule has 0 saturated heterocycles. The van der Waals surface area contributed by atoms with Crippen molar-refractivity contribution in [3.05, 3.63) is 36.0 Å². The highest BCUT2D eigenvalue weighted by atomic mass is 16.2.